The summed E-state index contributed by atoms with van der Waals surface area (Å²) in [5.74, 6) is 1.58. The molecule has 6 aromatic rings. The summed E-state index contributed by atoms with van der Waals surface area (Å²) in [5, 5.41) is 14.6. The number of amides is 4. The number of carboxylic acid groups (broad SMARTS) is 1. The number of nitrogens with zero attached hydrogens (tertiary/aromatic N) is 7. The number of hydrogen-bond donors (Lipinski definition) is 5. The molecule has 3 saturated heterocycles. The Bertz CT molecular complexity index is 2820. The van der Waals surface area contributed by atoms with E-state index in [0.29, 0.717) is 24.7 Å². The predicted molar refractivity (Wildman–Crippen MR) is 267 cm³/mol. The third-order valence-corrected chi connectivity index (χ3v) is 14.0. The van der Waals surface area contributed by atoms with Crippen LogP contribution in [0.1, 0.15) is 96.4 Å². The van der Waals surface area contributed by atoms with Crippen LogP contribution in [0, 0.1) is 11.8 Å². The lowest BCUT2D eigenvalue weighted by Gasteiger charge is -2.29. The molecule has 7 heterocycles. The molecule has 17 heteroatoms. The lowest BCUT2D eigenvalue weighted by Crippen LogP contribution is -2.51. The van der Waals surface area contributed by atoms with Crippen LogP contribution in [0.25, 0.3) is 50.7 Å². The standard InChI is InChI=1S/C53H63N11O6/c1-32(2)46(59-52(67)68)50(65)62-25-11-17-43(62)48-55-30-39(57-48)34-13-9-15-36(27-34)41-20-21-42(64(41)38-19-22-45(54-29-38)61-23-7-6-8-24-61)37-16-10-14-35(28-37)40-31-56-49(58-40)44-18-12-26-63(44)51(66)47(33(3)4)60-53(69)70-5/h9-10,13-16,19-22,27-33,43-44,46-47,59H,6-8,11-12,17-18,23-26H2,1-5H3,(H,55,57)(H,56,58)(H,60,69)(H,67,68)/t43-,44-,46-,47-/m0/s1. The van der Waals surface area contributed by atoms with Crippen molar-refractivity contribution in [2.45, 2.75) is 96.8 Å². The smallest absolute Gasteiger partial charge is 0.407 e. The van der Waals surface area contributed by atoms with Crippen molar-refractivity contribution in [3.8, 4) is 50.7 Å². The second kappa shape index (κ2) is 20.7. The normalized spacial score (nSPS) is 18.1. The van der Waals surface area contributed by atoms with Crippen LogP contribution < -0.4 is 15.5 Å². The number of piperidine rings is 1. The number of aromatic nitrogens is 6. The average Bonchev–Trinajstić information content (AvgIpc) is 4.24. The molecule has 17 nitrogen and oxygen atoms in total. The Kier molecular flexibility index (Phi) is 14.1. The molecular weight excluding hydrogens is 887 g/mol. The van der Waals surface area contributed by atoms with Gasteiger partial charge in [0.2, 0.25) is 11.8 Å². The fraction of sp³-hybridized carbons (Fsp3) is 0.415. The van der Waals surface area contributed by atoms with Crippen LogP contribution in [0.4, 0.5) is 15.4 Å². The number of aromatic amines is 2. The summed E-state index contributed by atoms with van der Waals surface area (Å²) in [6.07, 6.45) is 10.5. The molecule has 3 aliphatic heterocycles. The van der Waals surface area contributed by atoms with Crippen molar-refractivity contribution in [2.75, 3.05) is 38.2 Å². The van der Waals surface area contributed by atoms with Crippen LogP contribution >= 0.6 is 0 Å². The minimum atomic E-state index is -1.22. The molecule has 2 aromatic carbocycles. The fourth-order valence-electron chi connectivity index (χ4n) is 10.3. The van der Waals surface area contributed by atoms with Crippen molar-refractivity contribution < 1.29 is 29.0 Å². The Morgan fingerprint density at radius 3 is 1.64 bits per heavy atom. The molecule has 0 radical (unpaired) electrons. The van der Waals surface area contributed by atoms with Crippen LogP contribution in [0.2, 0.25) is 0 Å². The van der Waals surface area contributed by atoms with Gasteiger partial charge in [0.05, 0.1) is 53.9 Å². The second-order valence-electron chi connectivity index (χ2n) is 19.3. The van der Waals surface area contributed by atoms with E-state index >= 15 is 0 Å². The number of alkyl carbamates (subject to hydrolysis) is 1. The number of hydrogen-bond acceptors (Lipinski definition) is 9. The predicted octanol–water partition coefficient (Wildman–Crippen LogP) is 8.98. The maximum atomic E-state index is 13.9. The highest BCUT2D eigenvalue weighted by atomic mass is 16.5. The van der Waals surface area contributed by atoms with Crippen LogP contribution in [0.15, 0.2) is 91.4 Å². The first-order valence-corrected chi connectivity index (χ1v) is 24.6. The van der Waals surface area contributed by atoms with E-state index < -0.39 is 24.3 Å². The van der Waals surface area contributed by atoms with E-state index in [-0.39, 0.29) is 35.7 Å². The zero-order valence-electron chi connectivity index (χ0n) is 40.5. The summed E-state index contributed by atoms with van der Waals surface area (Å²) in [4.78, 5) is 79.1. The van der Waals surface area contributed by atoms with Gasteiger partial charge in [-0.2, -0.15) is 0 Å². The van der Waals surface area contributed by atoms with Crippen molar-refractivity contribution in [1.82, 2.24) is 49.9 Å². The molecular formula is C53H63N11O6. The van der Waals surface area contributed by atoms with Crippen LogP contribution in [0.3, 0.4) is 0 Å². The van der Waals surface area contributed by atoms with E-state index in [0.717, 1.165) is 108 Å². The first-order valence-electron chi connectivity index (χ1n) is 24.6. The first kappa shape index (κ1) is 47.6. The highest BCUT2D eigenvalue weighted by Gasteiger charge is 2.39. The molecule has 4 aromatic heterocycles. The lowest BCUT2D eigenvalue weighted by atomic mass is 10.0. The molecule has 0 spiro atoms. The van der Waals surface area contributed by atoms with Crippen molar-refractivity contribution >= 4 is 29.8 Å². The van der Waals surface area contributed by atoms with Gasteiger partial charge >= 0.3 is 12.2 Å². The molecule has 0 bridgehead atoms. The number of H-pyrrole nitrogens is 2. The number of methoxy groups -OCH3 is 1. The maximum Gasteiger partial charge on any atom is 0.407 e. The van der Waals surface area contributed by atoms with Gasteiger partial charge in [0.15, 0.2) is 0 Å². The molecule has 366 valence electrons. The Morgan fingerprint density at radius 2 is 1.17 bits per heavy atom. The minimum absolute atomic E-state index is 0.136. The number of benzene rings is 2. The number of imidazole rings is 2. The van der Waals surface area contributed by atoms with Gasteiger partial charge < -0.3 is 49.7 Å². The fourth-order valence-corrected chi connectivity index (χ4v) is 10.3. The Morgan fingerprint density at radius 1 is 0.657 bits per heavy atom. The van der Waals surface area contributed by atoms with Crippen molar-refractivity contribution in [1.29, 1.82) is 0 Å². The van der Waals surface area contributed by atoms with Crippen LogP contribution in [-0.2, 0) is 14.3 Å². The summed E-state index contributed by atoms with van der Waals surface area (Å²) in [7, 11) is 1.29. The summed E-state index contributed by atoms with van der Waals surface area (Å²) < 4.78 is 7.07. The zero-order valence-corrected chi connectivity index (χ0v) is 40.5. The number of nitrogens with one attached hydrogen (secondary N) is 4. The molecule has 0 unspecified atom stereocenters. The Hall–Kier alpha value is -7.43. The molecule has 70 heavy (non-hydrogen) atoms. The van der Waals surface area contributed by atoms with Gasteiger partial charge in [0, 0.05) is 49.7 Å². The summed E-state index contributed by atoms with van der Waals surface area (Å²) in [6, 6.07) is 23.0. The molecule has 4 amide bonds. The monoisotopic (exact) mass is 949 g/mol. The topological polar surface area (TPSA) is 207 Å². The first-order chi connectivity index (χ1) is 33.9. The highest BCUT2D eigenvalue weighted by Crippen LogP contribution is 2.38. The number of rotatable bonds is 14. The highest BCUT2D eigenvalue weighted by molar-refractivity contribution is 5.87. The van der Waals surface area contributed by atoms with Crippen molar-refractivity contribution in [2.24, 2.45) is 11.8 Å². The number of ether oxygens (including phenoxy) is 1. The quantitative estimate of drug-likeness (QED) is 0.0701. The largest absolute Gasteiger partial charge is 0.465 e. The van der Waals surface area contributed by atoms with Gasteiger partial charge in [-0.25, -0.2) is 24.5 Å². The SMILES string of the molecule is COC(=O)N[C@H](C(=O)N1CCC[C@H]1c1nc(-c2cccc(-c3ccc(-c4cccc(-c5c[nH]c([C@@H]6CCCN6C(=O)[C@@H](NC(=O)O)C(C)C)n5)c4)n3-c3ccc(N4CCCCC4)nc3)c2)c[nH]1)C(C)C. The average molecular weight is 950 g/mol. The van der Waals surface area contributed by atoms with E-state index in [2.05, 4.69) is 78.6 Å². The zero-order chi connectivity index (χ0) is 49.1. The third kappa shape index (κ3) is 9.87. The van der Waals surface area contributed by atoms with Gasteiger partial charge in [-0.3, -0.25) is 9.59 Å². The summed E-state index contributed by atoms with van der Waals surface area (Å²) >= 11 is 0. The second-order valence-corrected chi connectivity index (χ2v) is 19.3. The minimum Gasteiger partial charge on any atom is -0.465 e. The van der Waals surface area contributed by atoms with E-state index in [1.54, 1.807) is 4.90 Å². The van der Waals surface area contributed by atoms with E-state index in [1.807, 2.05) is 75.5 Å². The van der Waals surface area contributed by atoms with E-state index in [9.17, 15) is 24.3 Å². The van der Waals surface area contributed by atoms with Crippen molar-refractivity contribution in [3.63, 3.8) is 0 Å². The molecule has 3 fully saturated rings. The Balaban J connectivity index is 1.02. The molecule has 0 aliphatic carbocycles. The van der Waals surface area contributed by atoms with E-state index in [4.69, 9.17) is 19.7 Å². The van der Waals surface area contributed by atoms with E-state index in [1.165, 1.54) is 13.5 Å². The molecule has 3 aliphatic rings. The van der Waals surface area contributed by atoms with Crippen LogP contribution in [0.5, 0.6) is 0 Å². The maximum absolute atomic E-state index is 13.9. The number of pyridine rings is 1. The van der Waals surface area contributed by atoms with Gasteiger partial charge in [-0.1, -0.05) is 64.1 Å². The van der Waals surface area contributed by atoms with Gasteiger partial charge in [-0.15, -0.1) is 0 Å². The van der Waals surface area contributed by atoms with Gasteiger partial charge in [0.1, 0.15) is 29.6 Å². The van der Waals surface area contributed by atoms with Crippen LogP contribution in [-0.4, -0.2) is 114 Å². The number of likely N-dealkylation sites (tertiary alicyclic amines) is 2. The third-order valence-electron chi connectivity index (χ3n) is 14.0. The molecule has 4 atom stereocenters. The molecule has 9 rings (SSSR count). The molecule has 0 saturated carbocycles. The lowest BCUT2D eigenvalue weighted by molar-refractivity contribution is -0.136. The van der Waals surface area contributed by atoms with Crippen molar-refractivity contribution in [3.05, 3.63) is 103 Å². The summed E-state index contributed by atoms with van der Waals surface area (Å²) in [5.41, 5.74) is 8.06. The number of anilines is 1. The summed E-state index contributed by atoms with van der Waals surface area (Å²) in [6.45, 7) is 10.6. The van der Waals surface area contributed by atoms with Gasteiger partial charge in [0.25, 0.3) is 0 Å². The van der Waals surface area contributed by atoms with Gasteiger partial charge in [-0.05, 0) is 104 Å². The molecule has 5 N–H and O–H groups in total. The number of carbonyl (C=O) groups excluding carboxylic acids is 3. The Labute approximate surface area is 408 Å². The number of carbonyl (C=O) groups is 4.